The van der Waals surface area contributed by atoms with Crippen LogP contribution in [0.2, 0.25) is 0 Å². The van der Waals surface area contributed by atoms with E-state index >= 15 is 0 Å². The van der Waals surface area contributed by atoms with E-state index in [2.05, 4.69) is 48.5 Å². The molecule has 0 fully saturated rings. The normalized spacial score (nSPS) is 14.2. The lowest BCUT2D eigenvalue weighted by Crippen LogP contribution is -2.30. The summed E-state index contributed by atoms with van der Waals surface area (Å²) in [5, 5.41) is 10.6. The number of rotatable bonds is 79. The molecular weight excluding hydrogens is 1310 g/mol. The van der Waals surface area contributed by atoms with Gasteiger partial charge in [0.2, 0.25) is 0 Å². The number of ether oxygens (including phenoxy) is 4. The van der Waals surface area contributed by atoms with Crippen molar-refractivity contribution in [3.63, 3.8) is 0 Å². The number of esters is 4. The average molecular weight is 1470 g/mol. The van der Waals surface area contributed by atoms with Crippen molar-refractivity contribution in [2.45, 2.75) is 439 Å². The molecule has 100 heavy (non-hydrogen) atoms. The fourth-order valence-electron chi connectivity index (χ4n) is 12.5. The fraction of sp³-hybridized carbons (Fsp3) is 0.951. The van der Waals surface area contributed by atoms with Gasteiger partial charge in [0.15, 0.2) is 12.2 Å². The summed E-state index contributed by atoms with van der Waals surface area (Å²) in [6.45, 7) is 11.9. The fourth-order valence-corrected chi connectivity index (χ4v) is 14.0. The van der Waals surface area contributed by atoms with Crippen LogP contribution < -0.4 is 0 Å². The Morgan fingerprint density at radius 1 is 0.290 bits per heavy atom. The lowest BCUT2D eigenvalue weighted by molar-refractivity contribution is -0.161. The monoisotopic (exact) mass is 1470 g/mol. The highest BCUT2D eigenvalue weighted by Crippen LogP contribution is 2.45. The first kappa shape index (κ1) is 98.1. The molecule has 6 atom stereocenters. The molecule has 0 aliphatic rings. The third kappa shape index (κ3) is 73.0. The van der Waals surface area contributed by atoms with Gasteiger partial charge in [-0.25, -0.2) is 9.13 Å². The SMILES string of the molecule is CCCCCCCCCCC(=O)OC[C@H](COP(=O)(O)OC[C@H](O)COP(=O)(O)OC[C@@H](COC(=O)CCCCCCCCCCCCCCCCCCCCC(C)C)OC(=O)CCCCCCCCCCCCCCCCCCCCC(C)CC)OC(=O)CCCCCCCCC(C)C. The maximum atomic E-state index is 13.1. The lowest BCUT2D eigenvalue weighted by atomic mass is 9.99. The van der Waals surface area contributed by atoms with Crippen molar-refractivity contribution in [3.05, 3.63) is 0 Å². The summed E-state index contributed by atoms with van der Waals surface area (Å²) in [6, 6.07) is 0. The Morgan fingerprint density at radius 3 is 0.760 bits per heavy atom. The topological polar surface area (TPSA) is 237 Å². The number of phosphoric acid groups is 2. The van der Waals surface area contributed by atoms with Crippen molar-refractivity contribution in [2.75, 3.05) is 39.6 Å². The molecule has 17 nitrogen and oxygen atoms in total. The summed E-state index contributed by atoms with van der Waals surface area (Å²) in [5.41, 5.74) is 0. The second-order valence-electron chi connectivity index (χ2n) is 30.4. The first-order valence-corrected chi connectivity index (χ1v) is 44.9. The second kappa shape index (κ2) is 71.3. The first-order chi connectivity index (χ1) is 48.3. The van der Waals surface area contributed by atoms with Crippen LogP contribution in [0.1, 0.15) is 421 Å². The summed E-state index contributed by atoms with van der Waals surface area (Å²) in [6.07, 6.45) is 60.2. The molecule has 0 bridgehead atoms. The number of carbonyl (C=O) groups excluding carboxylic acids is 4. The Kier molecular flexibility index (Phi) is 69.9. The molecule has 3 unspecified atom stereocenters. The van der Waals surface area contributed by atoms with Gasteiger partial charge in [0.25, 0.3) is 0 Å². The molecule has 0 heterocycles. The molecule has 19 heteroatoms. The Balaban J connectivity index is 5.13. The van der Waals surface area contributed by atoms with Gasteiger partial charge in [-0.3, -0.25) is 37.3 Å². The van der Waals surface area contributed by atoms with Gasteiger partial charge in [0.1, 0.15) is 19.3 Å². The smallest absolute Gasteiger partial charge is 0.462 e. The van der Waals surface area contributed by atoms with E-state index in [4.69, 9.17) is 37.0 Å². The summed E-state index contributed by atoms with van der Waals surface area (Å²) in [7, 11) is -9.91. The number of hydrogen-bond donors (Lipinski definition) is 3. The zero-order valence-corrected chi connectivity index (χ0v) is 67.5. The molecule has 0 saturated carbocycles. The third-order valence-electron chi connectivity index (χ3n) is 19.2. The van der Waals surface area contributed by atoms with Crippen LogP contribution in [0, 0.1) is 17.8 Å². The van der Waals surface area contributed by atoms with Crippen LogP contribution >= 0.6 is 15.6 Å². The minimum atomic E-state index is -4.96. The predicted molar refractivity (Wildman–Crippen MR) is 409 cm³/mol. The quantitative estimate of drug-likeness (QED) is 0.0222. The van der Waals surface area contributed by atoms with Crippen molar-refractivity contribution in [2.24, 2.45) is 17.8 Å². The molecule has 0 rings (SSSR count). The first-order valence-electron chi connectivity index (χ1n) is 41.9. The minimum Gasteiger partial charge on any atom is -0.462 e. The number of hydrogen-bond acceptors (Lipinski definition) is 15. The van der Waals surface area contributed by atoms with E-state index in [0.717, 1.165) is 108 Å². The van der Waals surface area contributed by atoms with Crippen molar-refractivity contribution < 1.29 is 80.2 Å². The Hall–Kier alpha value is -1.94. The summed E-state index contributed by atoms with van der Waals surface area (Å²) in [4.78, 5) is 72.8. The Morgan fingerprint density at radius 2 is 0.510 bits per heavy atom. The van der Waals surface area contributed by atoms with Crippen LogP contribution in [0.15, 0.2) is 0 Å². The van der Waals surface area contributed by atoms with Crippen LogP contribution in [0.5, 0.6) is 0 Å². The second-order valence-corrected chi connectivity index (χ2v) is 33.3. The number of phosphoric ester groups is 2. The number of aliphatic hydroxyl groups is 1. The number of unbranched alkanes of at least 4 members (excludes halogenated alkanes) is 46. The van der Waals surface area contributed by atoms with E-state index in [1.165, 1.54) is 225 Å². The zero-order chi connectivity index (χ0) is 73.7. The van der Waals surface area contributed by atoms with Gasteiger partial charge in [-0.15, -0.1) is 0 Å². The summed E-state index contributed by atoms with van der Waals surface area (Å²) in [5.74, 6) is 0.243. The molecule has 0 aliphatic carbocycles. The van der Waals surface area contributed by atoms with Crippen molar-refractivity contribution in [3.8, 4) is 0 Å². The molecule has 0 aromatic carbocycles. The van der Waals surface area contributed by atoms with E-state index in [-0.39, 0.29) is 25.7 Å². The van der Waals surface area contributed by atoms with Gasteiger partial charge < -0.3 is 33.8 Å². The van der Waals surface area contributed by atoms with Crippen LogP contribution in [0.25, 0.3) is 0 Å². The average Bonchev–Trinajstić information content (AvgIpc) is 0.943. The van der Waals surface area contributed by atoms with Gasteiger partial charge in [-0.2, -0.15) is 0 Å². The molecule has 0 saturated heterocycles. The maximum absolute atomic E-state index is 13.1. The highest BCUT2D eigenvalue weighted by molar-refractivity contribution is 7.47. The Labute approximate surface area is 613 Å². The van der Waals surface area contributed by atoms with Gasteiger partial charge in [0.05, 0.1) is 26.4 Å². The van der Waals surface area contributed by atoms with Gasteiger partial charge in [-0.05, 0) is 43.4 Å². The summed E-state index contributed by atoms with van der Waals surface area (Å²) < 4.78 is 68.5. The molecule has 0 aliphatic heterocycles. The standard InChI is InChI=1S/C81H158O17P2/c1-8-10-11-12-13-40-48-55-62-78(83)91-69-77(98-81(86)65-58-51-44-43-46-53-60-73(5)6)71-96-100(89,90)94-67-75(82)66-93-99(87,88)95-70-76(68-92-79(84)63-56-49-41-36-32-28-24-20-16-14-18-22-26-30-34-38-45-52-59-72(3)4)97-80(85)64-57-50-42-37-33-29-25-21-17-15-19-23-27-31-35-39-47-54-61-74(7)9-2/h72-77,82H,8-71H2,1-7H3,(H,87,88)(H,89,90)/t74?,75-,76-,77-/m1/s1. The summed E-state index contributed by atoms with van der Waals surface area (Å²) >= 11 is 0. The lowest BCUT2D eigenvalue weighted by Gasteiger charge is -2.21. The third-order valence-corrected chi connectivity index (χ3v) is 21.1. The molecule has 594 valence electrons. The highest BCUT2D eigenvalue weighted by Gasteiger charge is 2.30. The molecule has 0 aromatic rings. The van der Waals surface area contributed by atoms with E-state index < -0.39 is 97.5 Å². The number of aliphatic hydroxyl groups excluding tert-OH is 1. The molecule has 0 radical (unpaired) electrons. The van der Waals surface area contributed by atoms with Crippen LogP contribution in [0.4, 0.5) is 0 Å². The van der Waals surface area contributed by atoms with Gasteiger partial charge in [-0.1, -0.05) is 370 Å². The molecule has 0 spiro atoms. The van der Waals surface area contributed by atoms with E-state index in [9.17, 15) is 43.2 Å². The van der Waals surface area contributed by atoms with Gasteiger partial charge >= 0.3 is 39.5 Å². The molecule has 0 amide bonds. The molecule has 0 aromatic heterocycles. The van der Waals surface area contributed by atoms with E-state index in [0.29, 0.717) is 31.6 Å². The van der Waals surface area contributed by atoms with Crippen molar-refractivity contribution in [1.82, 2.24) is 0 Å². The number of carbonyl (C=O) groups is 4. The zero-order valence-electron chi connectivity index (χ0n) is 65.7. The molecule has 3 N–H and O–H groups in total. The van der Waals surface area contributed by atoms with Crippen LogP contribution in [-0.4, -0.2) is 96.7 Å². The van der Waals surface area contributed by atoms with Crippen LogP contribution in [-0.2, 0) is 65.4 Å². The maximum Gasteiger partial charge on any atom is 0.472 e. The Bertz CT molecular complexity index is 1940. The van der Waals surface area contributed by atoms with Crippen molar-refractivity contribution in [1.29, 1.82) is 0 Å². The predicted octanol–water partition coefficient (Wildman–Crippen LogP) is 24.1. The van der Waals surface area contributed by atoms with E-state index in [1.807, 2.05) is 0 Å². The van der Waals surface area contributed by atoms with E-state index in [1.54, 1.807) is 0 Å². The molecular formula is C81H158O17P2. The minimum absolute atomic E-state index is 0.102. The van der Waals surface area contributed by atoms with Crippen molar-refractivity contribution >= 4 is 39.5 Å². The van der Waals surface area contributed by atoms with Gasteiger partial charge in [0, 0.05) is 25.7 Å². The largest absolute Gasteiger partial charge is 0.472 e. The van der Waals surface area contributed by atoms with Crippen LogP contribution in [0.3, 0.4) is 0 Å². The highest BCUT2D eigenvalue weighted by atomic mass is 31.2.